The van der Waals surface area contributed by atoms with Crippen LogP contribution in [0.25, 0.3) is 11.3 Å². The number of carbonyl (C=O) groups is 3. The number of benzene rings is 3. The number of para-hydroxylation sites is 2. The van der Waals surface area contributed by atoms with Gasteiger partial charge in [0, 0.05) is 16.1 Å². The average Bonchev–Trinajstić information content (AvgIpc) is 3.23. The van der Waals surface area contributed by atoms with Crippen LogP contribution in [0.1, 0.15) is 25.8 Å². The number of esters is 1. The van der Waals surface area contributed by atoms with Gasteiger partial charge in [0.2, 0.25) is 0 Å². The second-order valence-corrected chi connectivity index (χ2v) is 9.41. The quantitative estimate of drug-likeness (QED) is 0.316. The first-order valence-electron chi connectivity index (χ1n) is 11.3. The van der Waals surface area contributed by atoms with Crippen LogP contribution in [0.4, 0.5) is 11.4 Å². The highest BCUT2D eigenvalue weighted by atomic mass is 32.1. The molecule has 182 valence electrons. The molecular weight excluding hydrogens is 474 g/mol. The highest BCUT2D eigenvalue weighted by Crippen LogP contribution is 2.29. The second-order valence-electron chi connectivity index (χ2n) is 8.12. The van der Waals surface area contributed by atoms with Gasteiger partial charge in [-0.15, -0.1) is 11.3 Å². The van der Waals surface area contributed by atoms with Crippen molar-refractivity contribution in [2.24, 2.45) is 0 Å². The number of nitrogens with zero attached hydrogens (tertiary/aromatic N) is 1. The molecule has 8 heteroatoms. The molecule has 0 radical (unpaired) electrons. The molecule has 0 atom stereocenters. The van der Waals surface area contributed by atoms with Gasteiger partial charge in [0.15, 0.2) is 6.61 Å². The highest BCUT2D eigenvalue weighted by Gasteiger charge is 2.18. The van der Waals surface area contributed by atoms with Crippen molar-refractivity contribution in [1.29, 1.82) is 0 Å². The zero-order valence-corrected chi connectivity index (χ0v) is 20.7. The molecule has 2 amide bonds. The Bertz CT molecular complexity index is 1380. The van der Waals surface area contributed by atoms with E-state index in [4.69, 9.17) is 4.74 Å². The summed E-state index contributed by atoms with van der Waals surface area (Å²) in [6.07, 6.45) is 0.0120. The molecule has 0 saturated heterocycles. The number of ether oxygens (including phenoxy) is 1. The minimum Gasteiger partial charge on any atom is -0.455 e. The van der Waals surface area contributed by atoms with E-state index in [-0.39, 0.29) is 12.3 Å². The Hall–Kier alpha value is -4.30. The average molecular weight is 500 g/mol. The van der Waals surface area contributed by atoms with Crippen molar-refractivity contribution in [2.45, 2.75) is 20.3 Å². The van der Waals surface area contributed by atoms with Gasteiger partial charge in [-0.3, -0.25) is 14.4 Å². The van der Waals surface area contributed by atoms with Crippen LogP contribution < -0.4 is 10.6 Å². The molecule has 3 aromatic carbocycles. The van der Waals surface area contributed by atoms with E-state index in [1.807, 2.05) is 56.3 Å². The summed E-state index contributed by atoms with van der Waals surface area (Å²) < 4.78 is 5.22. The van der Waals surface area contributed by atoms with Crippen molar-refractivity contribution in [1.82, 2.24) is 4.98 Å². The summed E-state index contributed by atoms with van der Waals surface area (Å²) in [7, 11) is 0. The van der Waals surface area contributed by atoms with Crippen molar-refractivity contribution >= 4 is 40.5 Å². The molecular formula is C28H25N3O4S. The van der Waals surface area contributed by atoms with Gasteiger partial charge in [0.1, 0.15) is 0 Å². The van der Waals surface area contributed by atoms with Crippen molar-refractivity contribution in [3.8, 4) is 11.3 Å². The molecule has 0 saturated carbocycles. The summed E-state index contributed by atoms with van der Waals surface area (Å²) in [6.45, 7) is 3.43. The maximum atomic E-state index is 12.7. The van der Waals surface area contributed by atoms with Crippen LogP contribution in [-0.4, -0.2) is 29.4 Å². The topological polar surface area (TPSA) is 97.4 Å². The van der Waals surface area contributed by atoms with Crippen molar-refractivity contribution in [3.05, 3.63) is 99.9 Å². The first-order chi connectivity index (χ1) is 17.4. The lowest BCUT2D eigenvalue weighted by Gasteiger charge is -2.12. The largest absolute Gasteiger partial charge is 0.455 e. The molecule has 0 bridgehead atoms. The van der Waals surface area contributed by atoms with Gasteiger partial charge in [-0.1, -0.05) is 60.2 Å². The van der Waals surface area contributed by atoms with Gasteiger partial charge in [-0.2, -0.15) is 0 Å². The molecule has 4 aromatic rings. The van der Waals surface area contributed by atoms with Gasteiger partial charge in [0.25, 0.3) is 11.8 Å². The molecule has 0 unspecified atom stereocenters. The molecule has 7 nitrogen and oxygen atoms in total. The number of amides is 2. The Balaban J connectivity index is 1.35. The summed E-state index contributed by atoms with van der Waals surface area (Å²) in [6, 6.07) is 23.6. The fourth-order valence-corrected chi connectivity index (χ4v) is 4.49. The van der Waals surface area contributed by atoms with Crippen LogP contribution in [0.5, 0.6) is 0 Å². The van der Waals surface area contributed by atoms with Gasteiger partial charge in [-0.05, 0) is 38.1 Å². The molecule has 0 spiro atoms. The third-order valence-electron chi connectivity index (χ3n) is 5.28. The molecule has 0 aliphatic heterocycles. The Kier molecular flexibility index (Phi) is 7.87. The maximum absolute atomic E-state index is 12.7. The van der Waals surface area contributed by atoms with Gasteiger partial charge in [0.05, 0.1) is 28.4 Å². The summed E-state index contributed by atoms with van der Waals surface area (Å²) in [5, 5.41) is 6.29. The molecule has 4 rings (SSSR count). The molecule has 0 aliphatic carbocycles. The smallest absolute Gasteiger partial charge is 0.311 e. The van der Waals surface area contributed by atoms with E-state index < -0.39 is 18.5 Å². The zero-order chi connectivity index (χ0) is 25.5. The predicted octanol–water partition coefficient (Wildman–Crippen LogP) is 5.40. The first kappa shape index (κ1) is 24.8. The minimum absolute atomic E-state index is 0.0120. The lowest BCUT2D eigenvalue weighted by Crippen LogP contribution is -2.23. The number of hydrogen-bond acceptors (Lipinski definition) is 6. The van der Waals surface area contributed by atoms with Gasteiger partial charge >= 0.3 is 5.97 Å². The van der Waals surface area contributed by atoms with Crippen molar-refractivity contribution in [3.63, 3.8) is 0 Å². The number of rotatable bonds is 8. The zero-order valence-electron chi connectivity index (χ0n) is 19.9. The van der Waals surface area contributed by atoms with Gasteiger partial charge in [-0.25, -0.2) is 4.98 Å². The number of anilines is 2. The number of thiazole rings is 1. The van der Waals surface area contributed by atoms with Crippen molar-refractivity contribution < 1.29 is 19.1 Å². The third-order valence-corrected chi connectivity index (χ3v) is 6.25. The SMILES string of the molecule is Cc1ccc(-c2nc(C)sc2CC(=O)OCC(=O)Nc2ccccc2C(=O)Nc2ccccc2)cc1. The number of nitrogens with one attached hydrogen (secondary N) is 2. The van der Waals surface area contributed by atoms with Crippen LogP contribution >= 0.6 is 11.3 Å². The Labute approximate surface area is 213 Å². The Morgan fingerprint density at radius 3 is 2.31 bits per heavy atom. The van der Waals surface area contributed by atoms with E-state index in [2.05, 4.69) is 15.6 Å². The van der Waals surface area contributed by atoms with Gasteiger partial charge < -0.3 is 15.4 Å². The van der Waals surface area contributed by atoms with Crippen LogP contribution in [0, 0.1) is 13.8 Å². The molecule has 1 heterocycles. The lowest BCUT2D eigenvalue weighted by atomic mass is 10.1. The van der Waals surface area contributed by atoms with E-state index >= 15 is 0 Å². The first-order valence-corrected chi connectivity index (χ1v) is 12.1. The fourth-order valence-electron chi connectivity index (χ4n) is 3.55. The lowest BCUT2D eigenvalue weighted by molar-refractivity contribution is -0.146. The second kappa shape index (κ2) is 11.4. The molecule has 2 N–H and O–H groups in total. The minimum atomic E-state index is -0.539. The number of aryl methyl sites for hydroxylation is 2. The number of carbonyl (C=O) groups excluding carboxylic acids is 3. The molecule has 36 heavy (non-hydrogen) atoms. The van der Waals surface area contributed by atoms with Crippen LogP contribution in [0.3, 0.4) is 0 Å². The summed E-state index contributed by atoms with van der Waals surface area (Å²) >= 11 is 1.43. The molecule has 1 aromatic heterocycles. The van der Waals surface area contributed by atoms with E-state index in [0.717, 1.165) is 26.7 Å². The standard InChI is InChI=1S/C28H25N3O4S/c1-18-12-14-20(15-13-18)27-24(36-19(2)29-27)16-26(33)35-17-25(32)31-23-11-7-6-10-22(23)28(34)30-21-8-4-3-5-9-21/h3-15H,16-17H2,1-2H3,(H,30,34)(H,31,32). The number of hydrogen-bond donors (Lipinski definition) is 2. The molecule has 0 fully saturated rings. The normalized spacial score (nSPS) is 10.5. The van der Waals surface area contributed by atoms with E-state index in [1.54, 1.807) is 36.4 Å². The van der Waals surface area contributed by atoms with E-state index in [0.29, 0.717) is 16.9 Å². The number of aromatic nitrogens is 1. The third kappa shape index (κ3) is 6.43. The van der Waals surface area contributed by atoms with E-state index in [9.17, 15) is 14.4 Å². The molecule has 0 aliphatic rings. The summed E-state index contributed by atoms with van der Waals surface area (Å²) in [5.41, 5.74) is 4.07. The maximum Gasteiger partial charge on any atom is 0.311 e. The Morgan fingerprint density at radius 1 is 0.861 bits per heavy atom. The fraction of sp³-hybridized carbons (Fsp3) is 0.143. The van der Waals surface area contributed by atoms with Crippen LogP contribution in [0.15, 0.2) is 78.9 Å². The highest BCUT2D eigenvalue weighted by molar-refractivity contribution is 7.12. The van der Waals surface area contributed by atoms with E-state index in [1.165, 1.54) is 11.3 Å². The van der Waals surface area contributed by atoms with Crippen LogP contribution in [0.2, 0.25) is 0 Å². The monoisotopic (exact) mass is 499 g/mol. The van der Waals surface area contributed by atoms with Crippen LogP contribution in [-0.2, 0) is 20.7 Å². The summed E-state index contributed by atoms with van der Waals surface area (Å²) in [5.74, 6) is -1.43. The van der Waals surface area contributed by atoms with Crippen molar-refractivity contribution in [2.75, 3.05) is 17.2 Å². The predicted molar refractivity (Wildman–Crippen MR) is 141 cm³/mol. The Morgan fingerprint density at radius 2 is 1.56 bits per heavy atom. The summed E-state index contributed by atoms with van der Waals surface area (Å²) in [4.78, 5) is 43.1.